The van der Waals surface area contributed by atoms with E-state index < -0.39 is 0 Å². The Morgan fingerprint density at radius 2 is 1.08 bits per heavy atom. The summed E-state index contributed by atoms with van der Waals surface area (Å²) in [7, 11) is 0. The molecule has 4 N–H and O–H groups in total. The molecule has 2 aliphatic heterocycles. The minimum absolute atomic E-state index is 0.172. The average Bonchev–Trinajstić information content (AvgIpc) is 2.89. The van der Waals surface area contributed by atoms with Crippen LogP contribution in [0.3, 0.4) is 0 Å². The van der Waals surface area contributed by atoms with E-state index in [4.69, 9.17) is 0 Å². The van der Waals surface area contributed by atoms with Crippen LogP contribution in [0.5, 0.6) is 23.0 Å². The lowest BCUT2D eigenvalue weighted by atomic mass is 9.96. The molecule has 39 heavy (non-hydrogen) atoms. The Morgan fingerprint density at radius 1 is 0.641 bits per heavy atom. The second-order valence-corrected chi connectivity index (χ2v) is 10.0. The summed E-state index contributed by atoms with van der Waals surface area (Å²) in [6, 6.07) is 17.9. The summed E-state index contributed by atoms with van der Waals surface area (Å²) in [5, 5.41) is 39.7. The number of hydrogen-bond donors (Lipinski definition) is 4. The average molecular weight is 521 g/mol. The number of nitrogens with zero attached hydrogens (tertiary/aromatic N) is 4. The molecule has 0 unspecified atom stereocenters. The SMILES string of the molecule is Cc1cc(N=Cc2cccc(O)c2O)cc2c1N1Cc3cc(N=Cc4cccc(O)c4O)cc(C)c3N(C2)C1. The Bertz CT molecular complexity index is 1560. The molecule has 0 saturated heterocycles. The van der Waals surface area contributed by atoms with Crippen LogP contribution in [0, 0.1) is 13.8 Å². The van der Waals surface area contributed by atoms with Crippen LogP contribution >= 0.6 is 0 Å². The Kier molecular flexibility index (Phi) is 5.87. The summed E-state index contributed by atoms with van der Waals surface area (Å²) in [5.74, 6) is -0.710. The summed E-state index contributed by atoms with van der Waals surface area (Å²) in [6.07, 6.45) is 3.14. The van der Waals surface area contributed by atoms with Gasteiger partial charge in [-0.3, -0.25) is 9.98 Å². The van der Waals surface area contributed by atoms with Crippen molar-refractivity contribution in [2.24, 2.45) is 9.98 Å². The summed E-state index contributed by atoms with van der Waals surface area (Å²) in [5.41, 5.74) is 9.48. The van der Waals surface area contributed by atoms with Gasteiger partial charge in [0, 0.05) is 48.0 Å². The van der Waals surface area contributed by atoms with Crippen molar-refractivity contribution in [2.75, 3.05) is 16.5 Å². The third kappa shape index (κ3) is 4.40. The van der Waals surface area contributed by atoms with Crippen LogP contribution < -0.4 is 9.80 Å². The van der Waals surface area contributed by atoms with Gasteiger partial charge in [-0.05, 0) is 84.6 Å². The first-order valence-electron chi connectivity index (χ1n) is 12.7. The van der Waals surface area contributed by atoms with Crippen molar-refractivity contribution in [1.29, 1.82) is 0 Å². The Labute approximate surface area is 226 Å². The third-order valence-electron chi connectivity index (χ3n) is 7.22. The summed E-state index contributed by atoms with van der Waals surface area (Å²) in [4.78, 5) is 13.9. The largest absolute Gasteiger partial charge is 0.504 e. The van der Waals surface area contributed by atoms with Crippen LogP contribution in [0.4, 0.5) is 22.7 Å². The quantitative estimate of drug-likeness (QED) is 0.196. The van der Waals surface area contributed by atoms with E-state index in [1.54, 1.807) is 36.7 Å². The number of phenols is 4. The summed E-state index contributed by atoms with van der Waals surface area (Å²) in [6.45, 7) is 6.44. The molecule has 0 radical (unpaired) electrons. The Balaban J connectivity index is 1.30. The van der Waals surface area contributed by atoms with Crippen LogP contribution in [-0.4, -0.2) is 39.5 Å². The number of benzene rings is 4. The van der Waals surface area contributed by atoms with Crippen molar-refractivity contribution < 1.29 is 20.4 Å². The van der Waals surface area contributed by atoms with Gasteiger partial charge in [-0.2, -0.15) is 0 Å². The molecule has 0 saturated carbocycles. The molecular formula is C31H28N4O4. The lowest BCUT2D eigenvalue weighted by Crippen LogP contribution is -2.46. The van der Waals surface area contributed by atoms with Crippen molar-refractivity contribution in [3.05, 3.63) is 94.0 Å². The molecule has 8 heteroatoms. The first-order chi connectivity index (χ1) is 18.8. The van der Waals surface area contributed by atoms with Crippen molar-refractivity contribution in [1.82, 2.24) is 0 Å². The minimum Gasteiger partial charge on any atom is -0.504 e. The Morgan fingerprint density at radius 3 is 1.51 bits per heavy atom. The van der Waals surface area contributed by atoms with Crippen molar-refractivity contribution in [3.8, 4) is 23.0 Å². The molecule has 196 valence electrons. The normalized spacial score (nSPS) is 14.2. The zero-order valence-corrected chi connectivity index (χ0v) is 21.6. The molecule has 0 atom stereocenters. The molecular weight excluding hydrogens is 492 g/mol. The van der Waals surface area contributed by atoms with E-state index in [0.717, 1.165) is 42.3 Å². The van der Waals surface area contributed by atoms with Crippen molar-refractivity contribution >= 4 is 35.2 Å². The molecule has 0 aromatic heterocycles. The fraction of sp³-hybridized carbons (Fsp3) is 0.161. The van der Waals surface area contributed by atoms with Gasteiger partial charge in [-0.25, -0.2) is 0 Å². The van der Waals surface area contributed by atoms with Crippen molar-refractivity contribution in [2.45, 2.75) is 26.9 Å². The molecule has 0 amide bonds. The van der Waals surface area contributed by atoms with Crippen LogP contribution in [-0.2, 0) is 13.1 Å². The predicted octanol–water partition coefficient (Wildman–Crippen LogP) is 5.92. The first-order valence-corrected chi connectivity index (χ1v) is 12.7. The highest BCUT2D eigenvalue weighted by Gasteiger charge is 2.32. The van der Waals surface area contributed by atoms with Crippen molar-refractivity contribution in [3.63, 3.8) is 0 Å². The van der Waals surface area contributed by atoms with E-state index in [1.807, 2.05) is 12.1 Å². The van der Waals surface area contributed by atoms with E-state index in [-0.39, 0.29) is 23.0 Å². The van der Waals surface area contributed by atoms with Crippen LogP contribution in [0.1, 0.15) is 33.4 Å². The van der Waals surface area contributed by atoms with E-state index in [1.165, 1.54) is 34.6 Å². The zero-order valence-electron chi connectivity index (χ0n) is 21.6. The van der Waals surface area contributed by atoms with Gasteiger partial charge >= 0.3 is 0 Å². The number of fused-ring (bicyclic) bond motifs is 6. The summed E-state index contributed by atoms with van der Waals surface area (Å²) >= 11 is 0. The van der Waals surface area contributed by atoms with Crippen LogP contribution in [0.2, 0.25) is 0 Å². The van der Waals surface area contributed by atoms with E-state index >= 15 is 0 Å². The fourth-order valence-corrected chi connectivity index (χ4v) is 5.57. The molecule has 2 aliphatic rings. The van der Waals surface area contributed by atoms with Gasteiger partial charge < -0.3 is 30.2 Å². The molecule has 6 rings (SSSR count). The van der Waals surface area contributed by atoms with Crippen LogP contribution in [0.15, 0.2) is 70.6 Å². The zero-order chi connectivity index (χ0) is 27.3. The third-order valence-corrected chi connectivity index (χ3v) is 7.22. The first kappa shape index (κ1) is 24.4. The number of hydrogen-bond acceptors (Lipinski definition) is 8. The number of rotatable bonds is 4. The van der Waals surface area contributed by atoms with Gasteiger partial charge in [-0.15, -0.1) is 0 Å². The van der Waals surface area contributed by atoms with E-state index in [2.05, 4.69) is 45.8 Å². The highest BCUT2D eigenvalue weighted by molar-refractivity contribution is 5.88. The molecule has 2 bridgehead atoms. The van der Waals surface area contributed by atoms with E-state index in [0.29, 0.717) is 11.1 Å². The monoisotopic (exact) mass is 520 g/mol. The maximum Gasteiger partial charge on any atom is 0.166 e. The lowest BCUT2D eigenvalue weighted by molar-refractivity contribution is 0.403. The molecule has 4 aromatic rings. The van der Waals surface area contributed by atoms with E-state index in [9.17, 15) is 20.4 Å². The molecule has 4 aromatic carbocycles. The van der Waals surface area contributed by atoms with Gasteiger partial charge in [0.2, 0.25) is 0 Å². The van der Waals surface area contributed by atoms with Gasteiger partial charge in [0.15, 0.2) is 23.0 Å². The van der Waals surface area contributed by atoms with Crippen LogP contribution in [0.25, 0.3) is 0 Å². The number of aromatic hydroxyl groups is 4. The number of aliphatic imine (C=N–C) groups is 2. The molecule has 8 nitrogen and oxygen atoms in total. The minimum atomic E-state index is -0.183. The fourth-order valence-electron chi connectivity index (χ4n) is 5.57. The molecule has 0 spiro atoms. The second kappa shape index (κ2) is 9.40. The maximum atomic E-state index is 10.1. The standard InChI is InChI=1S/C31H28N4O4/c1-18-9-24(32-13-20-5-3-7-26(36)30(20)38)11-22-15-35-17-34(28(18)22)16-23-12-25(10-19(2)29(23)35)33-14-21-6-4-8-27(37)31(21)39/h3-14,36-39H,15-17H2,1-2H3. The smallest absolute Gasteiger partial charge is 0.166 e. The number of anilines is 2. The van der Waals surface area contributed by atoms with Gasteiger partial charge in [-0.1, -0.05) is 12.1 Å². The Hall–Kier alpha value is -4.98. The maximum absolute atomic E-state index is 10.1. The highest BCUT2D eigenvalue weighted by atomic mass is 16.3. The number of phenolic OH excluding ortho intramolecular Hbond substituents is 4. The van der Waals surface area contributed by atoms with Gasteiger partial charge in [0.1, 0.15) is 0 Å². The molecule has 0 fully saturated rings. The second-order valence-electron chi connectivity index (χ2n) is 10.0. The number of aryl methyl sites for hydroxylation is 2. The molecule has 2 heterocycles. The van der Waals surface area contributed by atoms with Gasteiger partial charge in [0.05, 0.1) is 18.0 Å². The summed E-state index contributed by atoms with van der Waals surface area (Å²) < 4.78 is 0. The van der Waals surface area contributed by atoms with Gasteiger partial charge in [0.25, 0.3) is 0 Å². The molecule has 0 aliphatic carbocycles. The highest BCUT2D eigenvalue weighted by Crippen LogP contribution is 2.43. The number of para-hydroxylation sites is 2. The predicted molar refractivity (Wildman–Crippen MR) is 154 cm³/mol. The lowest BCUT2D eigenvalue weighted by Gasteiger charge is -2.46. The topological polar surface area (TPSA) is 112 Å².